The second-order valence-corrected chi connectivity index (χ2v) is 8.91. The van der Waals surface area contributed by atoms with Crippen molar-refractivity contribution in [2.45, 2.75) is 36.9 Å². The van der Waals surface area contributed by atoms with Gasteiger partial charge in [-0.3, -0.25) is 9.78 Å². The summed E-state index contributed by atoms with van der Waals surface area (Å²) in [6.45, 7) is 1.21. The molecule has 1 spiro atoms. The standard InChI is InChI=1S/C25H23ClN4O3/c26-19-1-4-21(5-2-19)30-12-7-18(16-30)23(31)29-20-3-6-22(28-15-20)24(17-27)8-10-25(11-9-24)32-13-14-33-25/h1-7,12,15-16H,8-11,13-14H2,(H,29,31). The highest BCUT2D eigenvalue weighted by atomic mass is 35.5. The number of amides is 1. The van der Waals surface area contributed by atoms with Crippen molar-refractivity contribution in [2.75, 3.05) is 18.5 Å². The molecule has 168 valence electrons. The lowest BCUT2D eigenvalue weighted by molar-refractivity contribution is -0.182. The lowest BCUT2D eigenvalue weighted by atomic mass is 9.70. The lowest BCUT2D eigenvalue weighted by Crippen LogP contribution is -2.41. The third-order valence-electron chi connectivity index (χ3n) is 6.48. The molecule has 2 fully saturated rings. The number of benzene rings is 1. The van der Waals surface area contributed by atoms with E-state index in [2.05, 4.69) is 16.4 Å². The molecule has 7 nitrogen and oxygen atoms in total. The minimum atomic E-state index is -0.668. The second-order valence-electron chi connectivity index (χ2n) is 8.47. The van der Waals surface area contributed by atoms with Gasteiger partial charge in [0.15, 0.2) is 5.79 Å². The Kier molecular flexibility index (Phi) is 5.67. The van der Waals surface area contributed by atoms with Crippen molar-refractivity contribution in [1.82, 2.24) is 9.55 Å². The molecule has 1 saturated heterocycles. The van der Waals surface area contributed by atoms with E-state index in [1.54, 1.807) is 36.7 Å². The highest BCUT2D eigenvalue weighted by Crippen LogP contribution is 2.45. The predicted molar refractivity (Wildman–Crippen MR) is 123 cm³/mol. The Bertz CT molecular complexity index is 1180. The summed E-state index contributed by atoms with van der Waals surface area (Å²) in [4.78, 5) is 17.2. The van der Waals surface area contributed by atoms with Crippen LogP contribution in [-0.4, -0.2) is 34.5 Å². The number of anilines is 1. The summed E-state index contributed by atoms with van der Waals surface area (Å²) in [7, 11) is 0. The Balaban J connectivity index is 1.26. The largest absolute Gasteiger partial charge is 0.348 e. The monoisotopic (exact) mass is 462 g/mol. The van der Waals surface area contributed by atoms with Crippen LogP contribution in [0.15, 0.2) is 61.1 Å². The first-order chi connectivity index (χ1) is 16.0. The van der Waals surface area contributed by atoms with E-state index in [4.69, 9.17) is 21.1 Å². The third kappa shape index (κ3) is 4.25. The van der Waals surface area contributed by atoms with Crippen LogP contribution in [0, 0.1) is 11.3 Å². The zero-order valence-electron chi connectivity index (χ0n) is 18.0. The van der Waals surface area contributed by atoms with Crippen molar-refractivity contribution in [3.8, 4) is 11.8 Å². The lowest BCUT2D eigenvalue weighted by Gasteiger charge is -2.39. The summed E-state index contributed by atoms with van der Waals surface area (Å²) < 4.78 is 13.4. The number of aromatic nitrogens is 2. The molecule has 1 amide bonds. The van der Waals surface area contributed by atoms with Gasteiger partial charge in [0.25, 0.3) is 5.91 Å². The summed E-state index contributed by atoms with van der Waals surface area (Å²) >= 11 is 5.94. The van der Waals surface area contributed by atoms with Gasteiger partial charge in [-0.25, -0.2) is 0 Å². The maximum atomic E-state index is 12.7. The van der Waals surface area contributed by atoms with Gasteiger partial charge in [-0.2, -0.15) is 5.26 Å². The molecule has 5 rings (SSSR count). The van der Waals surface area contributed by atoms with Crippen LogP contribution in [0.3, 0.4) is 0 Å². The minimum Gasteiger partial charge on any atom is -0.348 e. The van der Waals surface area contributed by atoms with Gasteiger partial charge in [0.2, 0.25) is 0 Å². The van der Waals surface area contributed by atoms with E-state index in [0.717, 1.165) is 5.69 Å². The van der Waals surface area contributed by atoms with Crippen molar-refractivity contribution in [3.05, 3.63) is 77.3 Å². The number of carbonyl (C=O) groups is 1. The fraction of sp³-hybridized carbons (Fsp3) is 0.320. The maximum absolute atomic E-state index is 12.7. The van der Waals surface area contributed by atoms with Crippen LogP contribution < -0.4 is 5.32 Å². The smallest absolute Gasteiger partial charge is 0.257 e. The molecule has 2 aliphatic rings. The molecule has 1 aliphatic heterocycles. The summed E-state index contributed by atoms with van der Waals surface area (Å²) in [6, 6.07) is 15.2. The average molecular weight is 463 g/mol. The number of nitrogens with one attached hydrogen (secondary N) is 1. The van der Waals surface area contributed by atoms with Gasteiger partial charge in [0.1, 0.15) is 0 Å². The van der Waals surface area contributed by atoms with Gasteiger partial charge in [-0.1, -0.05) is 11.6 Å². The molecular formula is C25H23ClN4O3. The summed E-state index contributed by atoms with van der Waals surface area (Å²) in [6.07, 6.45) is 7.78. The molecule has 2 aromatic heterocycles. The van der Waals surface area contributed by atoms with Crippen LogP contribution in [0.5, 0.6) is 0 Å². The normalized spacial score (nSPS) is 18.7. The SMILES string of the molecule is N#CC1(c2ccc(NC(=O)c3ccn(-c4ccc(Cl)cc4)c3)cn2)CCC2(CC1)OCCO2. The number of nitriles is 1. The third-order valence-corrected chi connectivity index (χ3v) is 6.74. The molecule has 1 saturated carbocycles. The van der Waals surface area contributed by atoms with E-state index >= 15 is 0 Å². The van der Waals surface area contributed by atoms with Crippen molar-refractivity contribution in [1.29, 1.82) is 5.26 Å². The Morgan fingerprint density at radius 1 is 1.06 bits per heavy atom. The zero-order valence-corrected chi connectivity index (χ0v) is 18.7. The summed E-state index contributed by atoms with van der Waals surface area (Å²) in [5.41, 5.74) is 2.06. The maximum Gasteiger partial charge on any atom is 0.257 e. The molecule has 0 atom stereocenters. The second kappa shape index (κ2) is 8.64. The van der Waals surface area contributed by atoms with Gasteiger partial charge in [0, 0.05) is 35.9 Å². The molecule has 8 heteroatoms. The minimum absolute atomic E-state index is 0.234. The molecule has 33 heavy (non-hydrogen) atoms. The number of ether oxygens (including phenoxy) is 2. The first-order valence-corrected chi connectivity index (χ1v) is 11.3. The number of hydrogen-bond acceptors (Lipinski definition) is 5. The molecule has 3 heterocycles. The van der Waals surface area contributed by atoms with E-state index in [0.29, 0.717) is 60.9 Å². The van der Waals surface area contributed by atoms with Crippen molar-refractivity contribution in [2.24, 2.45) is 0 Å². The fourth-order valence-corrected chi connectivity index (χ4v) is 4.65. The number of hydrogen-bond donors (Lipinski definition) is 1. The van der Waals surface area contributed by atoms with Crippen LogP contribution in [0.25, 0.3) is 5.69 Å². The van der Waals surface area contributed by atoms with Gasteiger partial charge in [0.05, 0.1) is 47.8 Å². The molecule has 3 aromatic rings. The van der Waals surface area contributed by atoms with Gasteiger partial charge in [-0.05, 0) is 55.3 Å². The molecule has 1 N–H and O–H groups in total. The number of halogens is 1. The van der Waals surface area contributed by atoms with Crippen LogP contribution in [-0.2, 0) is 14.9 Å². The van der Waals surface area contributed by atoms with Crippen molar-refractivity contribution < 1.29 is 14.3 Å². The van der Waals surface area contributed by atoms with E-state index in [1.165, 1.54) is 0 Å². The highest BCUT2D eigenvalue weighted by Gasteiger charge is 2.48. The van der Waals surface area contributed by atoms with E-state index in [-0.39, 0.29) is 5.91 Å². The Morgan fingerprint density at radius 2 is 1.79 bits per heavy atom. The molecule has 1 aromatic carbocycles. The molecule has 1 aliphatic carbocycles. The van der Waals surface area contributed by atoms with E-state index in [1.807, 2.05) is 29.0 Å². The quantitative estimate of drug-likeness (QED) is 0.598. The van der Waals surface area contributed by atoms with E-state index < -0.39 is 11.2 Å². The highest BCUT2D eigenvalue weighted by molar-refractivity contribution is 6.30. The van der Waals surface area contributed by atoms with Gasteiger partial charge in [-0.15, -0.1) is 0 Å². The number of pyridine rings is 1. The zero-order chi connectivity index (χ0) is 22.9. The fourth-order valence-electron chi connectivity index (χ4n) is 4.53. The number of nitrogens with zero attached hydrogens (tertiary/aromatic N) is 3. The van der Waals surface area contributed by atoms with Crippen LogP contribution in [0.4, 0.5) is 5.69 Å². The molecule has 0 unspecified atom stereocenters. The van der Waals surface area contributed by atoms with E-state index in [9.17, 15) is 10.1 Å². The summed E-state index contributed by atoms with van der Waals surface area (Å²) in [5, 5.41) is 13.5. The average Bonchev–Trinajstić information content (AvgIpc) is 3.52. The summed E-state index contributed by atoms with van der Waals surface area (Å²) in [5.74, 6) is -0.765. The Morgan fingerprint density at radius 3 is 2.42 bits per heavy atom. The Labute approximate surface area is 196 Å². The topological polar surface area (TPSA) is 89.2 Å². The van der Waals surface area contributed by atoms with Gasteiger partial charge < -0.3 is 19.4 Å². The van der Waals surface area contributed by atoms with Crippen molar-refractivity contribution >= 4 is 23.2 Å². The number of rotatable bonds is 4. The van der Waals surface area contributed by atoms with Crippen LogP contribution >= 0.6 is 11.6 Å². The predicted octanol–water partition coefficient (Wildman–Crippen LogP) is 4.86. The van der Waals surface area contributed by atoms with Crippen LogP contribution in [0.1, 0.15) is 41.7 Å². The Hall–Kier alpha value is -3.18. The molecular weight excluding hydrogens is 440 g/mol. The van der Waals surface area contributed by atoms with Crippen LogP contribution in [0.2, 0.25) is 5.02 Å². The van der Waals surface area contributed by atoms with Gasteiger partial charge >= 0.3 is 0 Å². The molecule has 0 radical (unpaired) electrons. The number of carbonyl (C=O) groups excluding carboxylic acids is 1. The molecule has 0 bridgehead atoms. The first-order valence-electron chi connectivity index (χ1n) is 10.9. The first kappa shape index (κ1) is 21.7. The van der Waals surface area contributed by atoms with Crippen molar-refractivity contribution in [3.63, 3.8) is 0 Å².